The van der Waals surface area contributed by atoms with E-state index in [0.717, 1.165) is 22.9 Å². The molecule has 0 unspecified atom stereocenters. The van der Waals surface area contributed by atoms with Gasteiger partial charge in [-0.2, -0.15) is 0 Å². The zero-order valence-corrected chi connectivity index (χ0v) is 8.05. The monoisotopic (exact) mass is 195 g/mol. The average molecular weight is 195 g/mol. The van der Waals surface area contributed by atoms with Crippen molar-refractivity contribution < 1.29 is 4.74 Å². The Morgan fingerprint density at radius 2 is 1.27 bits per heavy atom. The number of hydrogen-bond donors (Lipinski definition) is 0. The van der Waals surface area contributed by atoms with Crippen LogP contribution >= 0.6 is 0 Å². The Morgan fingerprint density at radius 3 is 1.80 bits per heavy atom. The van der Waals surface area contributed by atoms with Gasteiger partial charge in [0.05, 0.1) is 18.4 Å². The maximum atomic E-state index is 6.01. The molecule has 2 aromatic carbocycles. The summed E-state index contributed by atoms with van der Waals surface area (Å²) < 4.78 is 5.73. The van der Waals surface area contributed by atoms with Gasteiger partial charge in [0.1, 0.15) is 0 Å². The molecule has 0 aromatic heterocycles. The average Bonchev–Trinajstić information content (AvgIpc) is 2.30. The first-order valence-corrected chi connectivity index (χ1v) is 4.77. The van der Waals surface area contributed by atoms with Gasteiger partial charge in [-0.25, -0.2) is 0 Å². The van der Waals surface area contributed by atoms with E-state index < -0.39 is 0 Å². The lowest BCUT2D eigenvalue weighted by Crippen LogP contribution is -2.12. The molecule has 0 aliphatic carbocycles. The second-order valence-corrected chi connectivity index (χ2v) is 3.41. The van der Waals surface area contributed by atoms with E-state index in [1.807, 2.05) is 48.5 Å². The van der Waals surface area contributed by atoms with E-state index in [4.69, 9.17) is 11.8 Å². The van der Waals surface area contributed by atoms with Crippen molar-refractivity contribution in [3.63, 3.8) is 0 Å². The summed E-state index contributed by atoms with van der Waals surface area (Å²) in [6, 6.07) is 15.4. The van der Waals surface area contributed by atoms with Crippen LogP contribution in [-0.4, -0.2) is 0 Å². The van der Waals surface area contributed by atoms with Crippen molar-refractivity contribution >= 4 is 11.4 Å². The highest BCUT2D eigenvalue weighted by atomic mass is 16.5. The summed E-state index contributed by atoms with van der Waals surface area (Å²) in [5.74, 6) is 1.58. The molecule has 0 saturated carbocycles. The SMILES string of the molecule is [CH]N1c2ccccc2Oc2ccccc21. The van der Waals surface area contributed by atoms with E-state index in [1.165, 1.54) is 0 Å². The van der Waals surface area contributed by atoms with Crippen LogP contribution < -0.4 is 9.64 Å². The zero-order chi connectivity index (χ0) is 10.3. The van der Waals surface area contributed by atoms with E-state index in [1.54, 1.807) is 4.90 Å². The minimum Gasteiger partial charge on any atom is -0.453 e. The van der Waals surface area contributed by atoms with Crippen LogP contribution in [0, 0.1) is 7.05 Å². The highest BCUT2D eigenvalue weighted by Gasteiger charge is 2.20. The van der Waals surface area contributed by atoms with E-state index in [0.29, 0.717) is 0 Å². The Hall–Kier alpha value is -1.96. The molecule has 1 aliphatic heterocycles. The van der Waals surface area contributed by atoms with E-state index >= 15 is 0 Å². The smallest absolute Gasteiger partial charge is 0.151 e. The van der Waals surface area contributed by atoms with Crippen LogP contribution in [0.4, 0.5) is 11.4 Å². The molecular weight excluding hydrogens is 186 g/mol. The maximum absolute atomic E-state index is 6.01. The van der Waals surface area contributed by atoms with Gasteiger partial charge in [0.2, 0.25) is 0 Å². The van der Waals surface area contributed by atoms with Crippen LogP contribution in [0.25, 0.3) is 0 Å². The van der Waals surface area contributed by atoms with Gasteiger partial charge in [-0.05, 0) is 24.3 Å². The zero-order valence-electron chi connectivity index (χ0n) is 8.05. The molecule has 15 heavy (non-hydrogen) atoms. The van der Waals surface area contributed by atoms with E-state index in [9.17, 15) is 0 Å². The molecule has 1 aliphatic rings. The van der Waals surface area contributed by atoms with Gasteiger partial charge in [-0.3, -0.25) is 0 Å². The number of fused-ring (bicyclic) bond motifs is 2. The van der Waals surface area contributed by atoms with Gasteiger partial charge in [0.15, 0.2) is 11.5 Å². The first-order chi connectivity index (χ1) is 7.36. The molecule has 2 nitrogen and oxygen atoms in total. The van der Waals surface area contributed by atoms with Crippen molar-refractivity contribution in [3.8, 4) is 11.5 Å². The summed E-state index contributed by atoms with van der Waals surface area (Å²) in [5, 5.41) is 0. The molecule has 0 fully saturated rings. The van der Waals surface area contributed by atoms with Gasteiger partial charge in [-0.15, -0.1) is 0 Å². The molecule has 2 radical (unpaired) electrons. The number of hydrogen-bond acceptors (Lipinski definition) is 2. The molecule has 0 saturated heterocycles. The molecule has 3 rings (SSSR count). The second-order valence-electron chi connectivity index (χ2n) is 3.41. The van der Waals surface area contributed by atoms with E-state index in [-0.39, 0.29) is 0 Å². The quantitative estimate of drug-likeness (QED) is 0.636. The van der Waals surface area contributed by atoms with Crippen LogP contribution in [0.5, 0.6) is 11.5 Å². The largest absolute Gasteiger partial charge is 0.453 e. The van der Waals surface area contributed by atoms with Gasteiger partial charge >= 0.3 is 0 Å². The fraction of sp³-hybridized carbons (Fsp3) is 0. The highest BCUT2D eigenvalue weighted by Crippen LogP contribution is 2.45. The van der Waals surface area contributed by atoms with Gasteiger partial charge in [0.25, 0.3) is 0 Å². The van der Waals surface area contributed by atoms with Crippen molar-refractivity contribution in [2.45, 2.75) is 0 Å². The molecular formula is C13H9NO. The predicted octanol–water partition coefficient (Wildman–Crippen LogP) is 3.60. The molecule has 0 atom stereocenters. The van der Waals surface area contributed by atoms with E-state index in [2.05, 4.69) is 0 Å². The molecule has 2 aromatic rings. The fourth-order valence-corrected chi connectivity index (χ4v) is 1.73. The lowest BCUT2D eigenvalue weighted by atomic mass is 10.2. The van der Waals surface area contributed by atoms with Crippen LogP contribution in [0.1, 0.15) is 0 Å². The third kappa shape index (κ3) is 1.18. The van der Waals surface area contributed by atoms with Crippen molar-refractivity contribution in [2.24, 2.45) is 0 Å². The summed E-state index contributed by atoms with van der Waals surface area (Å²) in [6.07, 6.45) is 0. The number of anilines is 2. The highest BCUT2D eigenvalue weighted by molar-refractivity contribution is 5.77. The Bertz CT molecular complexity index is 462. The number of para-hydroxylation sites is 4. The first kappa shape index (κ1) is 8.36. The molecule has 72 valence electrons. The van der Waals surface area contributed by atoms with Gasteiger partial charge < -0.3 is 9.64 Å². The number of rotatable bonds is 0. The van der Waals surface area contributed by atoms with Crippen LogP contribution in [0.2, 0.25) is 0 Å². The van der Waals surface area contributed by atoms with Crippen LogP contribution in [0.15, 0.2) is 48.5 Å². The molecule has 1 heterocycles. The normalized spacial score (nSPS) is 12.7. The number of benzene rings is 2. The van der Waals surface area contributed by atoms with Crippen molar-refractivity contribution in [1.29, 1.82) is 0 Å². The Morgan fingerprint density at radius 1 is 0.800 bits per heavy atom. The summed E-state index contributed by atoms with van der Waals surface area (Å²) in [4.78, 5) is 1.65. The number of ether oxygens (including phenoxy) is 1. The van der Waals surface area contributed by atoms with Gasteiger partial charge in [0, 0.05) is 0 Å². The van der Waals surface area contributed by atoms with Crippen molar-refractivity contribution in [2.75, 3.05) is 4.90 Å². The summed E-state index contributed by atoms with van der Waals surface area (Å²) >= 11 is 0. The molecule has 0 bridgehead atoms. The topological polar surface area (TPSA) is 12.5 Å². The van der Waals surface area contributed by atoms with Crippen molar-refractivity contribution in [3.05, 3.63) is 55.6 Å². The third-order valence-electron chi connectivity index (χ3n) is 2.47. The Kier molecular flexibility index (Phi) is 1.68. The Labute approximate surface area is 88.7 Å². The van der Waals surface area contributed by atoms with Crippen LogP contribution in [0.3, 0.4) is 0 Å². The fourth-order valence-electron chi connectivity index (χ4n) is 1.73. The molecule has 2 heteroatoms. The summed E-state index contributed by atoms with van der Waals surface area (Å²) in [5.41, 5.74) is 1.77. The molecule has 0 amide bonds. The third-order valence-corrected chi connectivity index (χ3v) is 2.47. The lowest BCUT2D eigenvalue weighted by molar-refractivity contribution is 0.476. The second kappa shape index (κ2) is 3.02. The predicted molar refractivity (Wildman–Crippen MR) is 59.4 cm³/mol. The molecule has 0 N–H and O–H groups in total. The van der Waals surface area contributed by atoms with Crippen molar-refractivity contribution in [1.82, 2.24) is 0 Å². The molecule has 0 spiro atoms. The summed E-state index contributed by atoms with van der Waals surface area (Å²) in [6.45, 7) is 0. The first-order valence-electron chi connectivity index (χ1n) is 4.77. The number of nitrogens with zero attached hydrogens (tertiary/aromatic N) is 1. The lowest BCUT2D eigenvalue weighted by Gasteiger charge is -2.28. The minimum absolute atomic E-state index is 0.790. The van der Waals surface area contributed by atoms with Crippen LogP contribution in [-0.2, 0) is 0 Å². The maximum Gasteiger partial charge on any atom is 0.151 e. The summed E-state index contributed by atoms with van der Waals surface area (Å²) in [7, 11) is 6.01. The van der Waals surface area contributed by atoms with Gasteiger partial charge in [-0.1, -0.05) is 24.3 Å². The Balaban J connectivity index is 2.20. The minimum atomic E-state index is 0.790. The standard InChI is InChI=1S/C13H9NO/c1-14-10-6-2-4-8-12(10)15-13-9-5-3-7-11(13)14/h1-9H.